The Bertz CT molecular complexity index is 483. The number of halogens is 2. The summed E-state index contributed by atoms with van der Waals surface area (Å²) in [7, 11) is 0. The van der Waals surface area contributed by atoms with Gasteiger partial charge in [-0.05, 0) is 51.0 Å². The molecule has 1 heterocycles. The Morgan fingerprint density at radius 2 is 2.19 bits per heavy atom. The second kappa shape index (κ2) is 5.08. The van der Waals surface area contributed by atoms with E-state index in [1.807, 2.05) is 16.8 Å². The second-order valence-corrected chi connectivity index (χ2v) is 5.21. The summed E-state index contributed by atoms with van der Waals surface area (Å²) in [5.41, 5.74) is 8.08. The van der Waals surface area contributed by atoms with Crippen LogP contribution in [0.1, 0.15) is 17.2 Å². The van der Waals surface area contributed by atoms with Gasteiger partial charge in [-0.15, -0.1) is 0 Å². The molecule has 2 rings (SSSR count). The SMILES string of the molecule is NC(Cc1cccc(F)c1)c1cscc1Br. The molecule has 0 bridgehead atoms. The molecule has 84 valence electrons. The van der Waals surface area contributed by atoms with E-state index < -0.39 is 0 Å². The third kappa shape index (κ3) is 2.70. The van der Waals surface area contributed by atoms with Crippen LogP contribution in [0.15, 0.2) is 39.5 Å². The lowest BCUT2D eigenvalue weighted by Gasteiger charge is -2.11. The Morgan fingerprint density at radius 3 is 2.81 bits per heavy atom. The molecule has 1 unspecified atom stereocenters. The maximum Gasteiger partial charge on any atom is 0.123 e. The first-order chi connectivity index (χ1) is 7.66. The van der Waals surface area contributed by atoms with Crippen LogP contribution in [0, 0.1) is 5.82 Å². The number of nitrogens with two attached hydrogens (primary N) is 1. The van der Waals surface area contributed by atoms with E-state index in [0.717, 1.165) is 15.6 Å². The molecular weight excluding hydrogens is 289 g/mol. The lowest BCUT2D eigenvalue weighted by molar-refractivity contribution is 0.622. The van der Waals surface area contributed by atoms with Crippen molar-refractivity contribution < 1.29 is 4.39 Å². The van der Waals surface area contributed by atoms with Crippen molar-refractivity contribution in [3.63, 3.8) is 0 Å². The largest absolute Gasteiger partial charge is 0.324 e. The quantitative estimate of drug-likeness (QED) is 0.914. The molecule has 2 aromatic rings. The van der Waals surface area contributed by atoms with E-state index in [1.54, 1.807) is 17.4 Å². The molecule has 1 nitrogen and oxygen atoms in total. The van der Waals surface area contributed by atoms with E-state index in [1.165, 1.54) is 12.1 Å². The summed E-state index contributed by atoms with van der Waals surface area (Å²) in [6.45, 7) is 0. The van der Waals surface area contributed by atoms with Crippen molar-refractivity contribution in [3.8, 4) is 0 Å². The van der Waals surface area contributed by atoms with Crippen LogP contribution >= 0.6 is 27.3 Å². The molecule has 16 heavy (non-hydrogen) atoms. The number of thiophene rings is 1. The number of rotatable bonds is 3. The third-order valence-corrected chi connectivity index (χ3v) is 4.14. The molecule has 0 saturated carbocycles. The fourth-order valence-electron chi connectivity index (χ4n) is 1.58. The Kier molecular flexibility index (Phi) is 3.74. The Morgan fingerprint density at radius 1 is 1.38 bits per heavy atom. The fourth-order valence-corrected chi connectivity index (χ4v) is 3.24. The molecule has 0 fully saturated rings. The van der Waals surface area contributed by atoms with Crippen molar-refractivity contribution >= 4 is 27.3 Å². The second-order valence-electron chi connectivity index (χ2n) is 3.62. The topological polar surface area (TPSA) is 26.0 Å². The van der Waals surface area contributed by atoms with Crippen molar-refractivity contribution in [1.29, 1.82) is 0 Å². The molecule has 1 aromatic carbocycles. The van der Waals surface area contributed by atoms with Crippen molar-refractivity contribution in [2.75, 3.05) is 0 Å². The van der Waals surface area contributed by atoms with E-state index in [-0.39, 0.29) is 11.9 Å². The minimum absolute atomic E-state index is 0.0950. The Balaban J connectivity index is 2.14. The number of benzene rings is 1. The van der Waals surface area contributed by atoms with Gasteiger partial charge in [-0.1, -0.05) is 12.1 Å². The van der Waals surface area contributed by atoms with Crippen LogP contribution in [0.2, 0.25) is 0 Å². The Hall–Kier alpha value is -0.710. The summed E-state index contributed by atoms with van der Waals surface area (Å²) in [4.78, 5) is 0. The van der Waals surface area contributed by atoms with Crippen molar-refractivity contribution in [2.45, 2.75) is 12.5 Å². The molecule has 0 aliphatic carbocycles. The van der Waals surface area contributed by atoms with Gasteiger partial charge in [0.1, 0.15) is 5.82 Å². The van der Waals surface area contributed by atoms with Crippen LogP contribution in [0.4, 0.5) is 4.39 Å². The van der Waals surface area contributed by atoms with Gasteiger partial charge in [-0.3, -0.25) is 0 Å². The third-order valence-electron chi connectivity index (χ3n) is 2.39. The fraction of sp³-hybridized carbons (Fsp3) is 0.167. The van der Waals surface area contributed by atoms with Crippen LogP contribution in [0.5, 0.6) is 0 Å². The maximum absolute atomic E-state index is 13.0. The highest BCUT2D eigenvalue weighted by Gasteiger charge is 2.11. The minimum Gasteiger partial charge on any atom is -0.324 e. The molecule has 0 amide bonds. The van der Waals surface area contributed by atoms with Gasteiger partial charge in [0.15, 0.2) is 0 Å². The summed E-state index contributed by atoms with van der Waals surface area (Å²) in [5.74, 6) is -0.214. The van der Waals surface area contributed by atoms with Crippen LogP contribution in [-0.2, 0) is 6.42 Å². The van der Waals surface area contributed by atoms with Gasteiger partial charge >= 0.3 is 0 Å². The van der Waals surface area contributed by atoms with E-state index in [2.05, 4.69) is 15.9 Å². The molecular formula is C12H11BrFNS. The average molecular weight is 300 g/mol. The summed E-state index contributed by atoms with van der Waals surface area (Å²) >= 11 is 5.06. The highest BCUT2D eigenvalue weighted by Crippen LogP contribution is 2.28. The van der Waals surface area contributed by atoms with Crippen LogP contribution in [0.3, 0.4) is 0 Å². The van der Waals surface area contributed by atoms with E-state index >= 15 is 0 Å². The van der Waals surface area contributed by atoms with Gasteiger partial charge in [0.25, 0.3) is 0 Å². The predicted molar refractivity (Wildman–Crippen MR) is 69.1 cm³/mol. The molecule has 1 atom stereocenters. The smallest absolute Gasteiger partial charge is 0.123 e. The summed E-state index contributed by atoms with van der Waals surface area (Å²) in [5, 5.41) is 4.02. The van der Waals surface area contributed by atoms with Crippen LogP contribution in [-0.4, -0.2) is 0 Å². The predicted octanol–water partition coefficient (Wildman–Crippen LogP) is 3.89. The number of hydrogen-bond acceptors (Lipinski definition) is 2. The Labute approximate surface area is 106 Å². The lowest BCUT2D eigenvalue weighted by Crippen LogP contribution is -2.13. The molecule has 0 saturated heterocycles. The van der Waals surface area contributed by atoms with Gasteiger partial charge in [0.05, 0.1) is 0 Å². The molecule has 2 N–H and O–H groups in total. The zero-order chi connectivity index (χ0) is 11.5. The highest BCUT2D eigenvalue weighted by atomic mass is 79.9. The van der Waals surface area contributed by atoms with Crippen LogP contribution < -0.4 is 5.73 Å². The average Bonchev–Trinajstić information content (AvgIpc) is 2.64. The first kappa shape index (κ1) is 11.8. The monoisotopic (exact) mass is 299 g/mol. The zero-order valence-corrected chi connectivity index (χ0v) is 10.9. The van der Waals surface area contributed by atoms with Gasteiger partial charge in [-0.2, -0.15) is 11.3 Å². The van der Waals surface area contributed by atoms with E-state index in [9.17, 15) is 4.39 Å². The van der Waals surface area contributed by atoms with Crippen LogP contribution in [0.25, 0.3) is 0 Å². The van der Waals surface area contributed by atoms with E-state index in [0.29, 0.717) is 6.42 Å². The van der Waals surface area contributed by atoms with Crippen molar-refractivity contribution in [2.24, 2.45) is 5.73 Å². The highest BCUT2D eigenvalue weighted by molar-refractivity contribution is 9.10. The van der Waals surface area contributed by atoms with Gasteiger partial charge in [0, 0.05) is 15.9 Å². The summed E-state index contributed by atoms with van der Waals surface area (Å²) in [6, 6.07) is 6.47. The van der Waals surface area contributed by atoms with Gasteiger partial charge in [-0.25, -0.2) is 4.39 Å². The molecule has 0 radical (unpaired) electrons. The standard InChI is InChI=1S/C12H11BrFNS/c13-11-7-16-6-10(11)12(15)5-8-2-1-3-9(14)4-8/h1-4,6-7,12H,5,15H2. The molecule has 0 aliphatic rings. The summed E-state index contributed by atoms with van der Waals surface area (Å²) in [6.07, 6.45) is 0.646. The minimum atomic E-state index is -0.214. The lowest BCUT2D eigenvalue weighted by atomic mass is 10.0. The van der Waals surface area contributed by atoms with Crippen molar-refractivity contribution in [1.82, 2.24) is 0 Å². The maximum atomic E-state index is 13.0. The van der Waals surface area contributed by atoms with E-state index in [4.69, 9.17) is 5.73 Å². The zero-order valence-electron chi connectivity index (χ0n) is 8.49. The molecule has 0 aliphatic heterocycles. The first-order valence-electron chi connectivity index (χ1n) is 4.88. The summed E-state index contributed by atoms with van der Waals surface area (Å²) < 4.78 is 14.0. The molecule has 1 aromatic heterocycles. The normalized spacial score (nSPS) is 12.7. The first-order valence-corrected chi connectivity index (χ1v) is 6.62. The molecule has 0 spiro atoms. The van der Waals surface area contributed by atoms with Crippen molar-refractivity contribution in [3.05, 3.63) is 56.4 Å². The van der Waals surface area contributed by atoms with Gasteiger partial charge in [0.2, 0.25) is 0 Å². The molecule has 4 heteroatoms. The van der Waals surface area contributed by atoms with Gasteiger partial charge < -0.3 is 5.73 Å². The number of hydrogen-bond donors (Lipinski definition) is 1.